The number of imidazole rings is 1. The molecule has 1 fully saturated rings. The van der Waals surface area contributed by atoms with E-state index in [0.29, 0.717) is 30.5 Å². The van der Waals surface area contributed by atoms with Gasteiger partial charge in [-0.2, -0.15) is 5.10 Å². The monoisotopic (exact) mass is 539 g/mol. The van der Waals surface area contributed by atoms with Gasteiger partial charge in [0, 0.05) is 30.3 Å². The predicted molar refractivity (Wildman–Crippen MR) is 157 cm³/mol. The van der Waals surface area contributed by atoms with E-state index in [1.165, 1.54) is 6.33 Å². The summed E-state index contributed by atoms with van der Waals surface area (Å²) in [6.07, 6.45) is 5.74. The summed E-state index contributed by atoms with van der Waals surface area (Å²) < 4.78 is 1.78. The summed E-state index contributed by atoms with van der Waals surface area (Å²) in [7, 11) is 0. The van der Waals surface area contributed by atoms with Gasteiger partial charge in [-0.15, -0.1) is 0 Å². The quantitative estimate of drug-likeness (QED) is 0.282. The van der Waals surface area contributed by atoms with Gasteiger partial charge in [0.25, 0.3) is 5.91 Å². The number of carbonyl (C=O) groups is 2. The summed E-state index contributed by atoms with van der Waals surface area (Å²) >= 11 is 0. The van der Waals surface area contributed by atoms with E-state index in [0.717, 1.165) is 47.5 Å². The first-order chi connectivity index (χ1) is 19.2. The summed E-state index contributed by atoms with van der Waals surface area (Å²) in [5.74, 6) is 1.03. The number of benzene rings is 2. The van der Waals surface area contributed by atoms with Crippen molar-refractivity contribution in [2.24, 2.45) is 5.92 Å². The van der Waals surface area contributed by atoms with Gasteiger partial charge in [0.1, 0.15) is 11.5 Å². The van der Waals surface area contributed by atoms with Crippen molar-refractivity contribution in [1.82, 2.24) is 24.6 Å². The van der Waals surface area contributed by atoms with Crippen molar-refractivity contribution < 1.29 is 9.59 Å². The number of likely N-dealkylation sites (tertiary alicyclic amines) is 1. The number of anilines is 2. The Kier molecular flexibility index (Phi) is 7.73. The maximum absolute atomic E-state index is 13.2. The molecule has 0 unspecified atom stereocenters. The lowest BCUT2D eigenvalue weighted by Gasteiger charge is -2.32. The van der Waals surface area contributed by atoms with E-state index in [1.807, 2.05) is 60.4 Å². The minimum atomic E-state index is -0.318. The Hall–Kier alpha value is -4.40. The zero-order valence-electron chi connectivity index (χ0n) is 23.6. The predicted octanol–water partition coefficient (Wildman–Crippen LogP) is 5.94. The smallest absolute Gasteiger partial charge is 0.324 e. The van der Waals surface area contributed by atoms with E-state index in [-0.39, 0.29) is 17.4 Å². The van der Waals surface area contributed by atoms with Crippen molar-refractivity contribution in [2.45, 2.75) is 52.4 Å². The van der Waals surface area contributed by atoms with Crippen molar-refractivity contribution in [3.63, 3.8) is 0 Å². The van der Waals surface area contributed by atoms with Crippen LogP contribution in [-0.2, 0) is 11.8 Å². The molecule has 0 atom stereocenters. The lowest BCUT2D eigenvalue weighted by Crippen LogP contribution is -2.39. The first-order valence-corrected chi connectivity index (χ1v) is 13.8. The molecule has 0 spiro atoms. The molecule has 40 heavy (non-hydrogen) atoms. The Morgan fingerprint density at radius 3 is 2.42 bits per heavy atom. The number of aryl methyl sites for hydroxylation is 1. The maximum Gasteiger partial charge on any atom is 0.324 e. The van der Waals surface area contributed by atoms with Crippen molar-refractivity contribution >= 4 is 23.4 Å². The summed E-state index contributed by atoms with van der Waals surface area (Å²) in [6, 6.07) is 17.6. The van der Waals surface area contributed by atoms with Crippen LogP contribution in [0.2, 0.25) is 0 Å². The largest absolute Gasteiger partial charge is 0.341 e. The first-order valence-electron chi connectivity index (χ1n) is 13.8. The van der Waals surface area contributed by atoms with Gasteiger partial charge in [0.2, 0.25) is 0 Å². The molecule has 5 rings (SSSR count). The molecule has 9 nitrogen and oxygen atoms in total. The van der Waals surface area contributed by atoms with Crippen LogP contribution in [0.15, 0.2) is 67.1 Å². The number of aromatic nitrogens is 4. The minimum absolute atomic E-state index is 0.00539. The van der Waals surface area contributed by atoms with Crippen LogP contribution in [0, 0.1) is 12.8 Å². The lowest BCUT2D eigenvalue weighted by atomic mass is 9.89. The number of carbonyl (C=O) groups excluding carboxylic acids is 2. The van der Waals surface area contributed by atoms with Gasteiger partial charge in [-0.1, -0.05) is 56.7 Å². The maximum atomic E-state index is 13.2. The van der Waals surface area contributed by atoms with Crippen molar-refractivity contribution in [1.29, 1.82) is 0 Å². The van der Waals surface area contributed by atoms with Crippen LogP contribution < -0.4 is 10.6 Å². The second kappa shape index (κ2) is 11.4. The molecular formula is C31H37N7O2. The van der Waals surface area contributed by atoms with Gasteiger partial charge in [0.05, 0.1) is 23.9 Å². The van der Waals surface area contributed by atoms with E-state index in [2.05, 4.69) is 47.4 Å². The van der Waals surface area contributed by atoms with Gasteiger partial charge in [-0.3, -0.25) is 10.1 Å². The highest BCUT2D eigenvalue weighted by molar-refractivity contribution is 6.00. The molecule has 1 aliphatic rings. The summed E-state index contributed by atoms with van der Waals surface area (Å²) in [4.78, 5) is 34.6. The number of amides is 3. The van der Waals surface area contributed by atoms with Crippen LogP contribution >= 0.6 is 0 Å². The van der Waals surface area contributed by atoms with Crippen molar-refractivity contribution in [3.05, 3.63) is 89.6 Å². The zero-order chi connectivity index (χ0) is 28.3. The van der Waals surface area contributed by atoms with E-state index in [9.17, 15) is 9.59 Å². The molecule has 1 aliphatic heterocycles. The van der Waals surface area contributed by atoms with E-state index >= 15 is 0 Å². The Labute approximate surface area is 235 Å². The molecule has 0 bridgehead atoms. The summed E-state index contributed by atoms with van der Waals surface area (Å²) in [6.45, 7) is 9.77. The molecule has 4 aromatic rings. The zero-order valence-corrected chi connectivity index (χ0v) is 23.6. The topological polar surface area (TPSA) is 108 Å². The van der Waals surface area contributed by atoms with Gasteiger partial charge in [0.15, 0.2) is 0 Å². The SMILES string of the molecule is Cc1ccc(-n2nc(C(C)(C)C)cc2NC(=O)Nc2ccccc2CC2CCN(C(=O)c3cnc[nH]3)CC2)cc1. The summed E-state index contributed by atoms with van der Waals surface area (Å²) in [5, 5.41) is 10.9. The second-order valence-corrected chi connectivity index (χ2v) is 11.6. The van der Waals surface area contributed by atoms with E-state index < -0.39 is 0 Å². The third kappa shape index (κ3) is 6.25. The Morgan fingerprint density at radius 2 is 1.75 bits per heavy atom. The Bertz CT molecular complexity index is 1460. The Balaban J connectivity index is 1.25. The molecule has 3 heterocycles. The number of urea groups is 1. The summed E-state index contributed by atoms with van der Waals surface area (Å²) in [5.41, 5.74) is 5.15. The number of hydrogen-bond acceptors (Lipinski definition) is 4. The number of nitrogens with one attached hydrogen (secondary N) is 3. The van der Waals surface area contributed by atoms with Crippen molar-refractivity contribution in [3.8, 4) is 5.69 Å². The van der Waals surface area contributed by atoms with Crippen LogP contribution in [0.1, 0.15) is 60.9 Å². The molecule has 1 saturated heterocycles. The highest BCUT2D eigenvalue weighted by atomic mass is 16.2. The van der Waals surface area contributed by atoms with Crippen LogP contribution in [0.4, 0.5) is 16.3 Å². The molecule has 9 heteroatoms. The van der Waals surface area contributed by atoms with E-state index in [1.54, 1.807) is 10.9 Å². The molecule has 3 amide bonds. The van der Waals surface area contributed by atoms with E-state index in [4.69, 9.17) is 5.10 Å². The molecule has 3 N–H and O–H groups in total. The number of aromatic amines is 1. The normalized spacial score (nSPS) is 14.2. The molecule has 2 aromatic carbocycles. The second-order valence-electron chi connectivity index (χ2n) is 11.6. The molecule has 0 aliphatic carbocycles. The highest BCUT2D eigenvalue weighted by Crippen LogP contribution is 2.28. The molecule has 0 saturated carbocycles. The molecule has 2 aromatic heterocycles. The number of nitrogens with zero attached hydrogens (tertiary/aromatic N) is 4. The molecule has 208 valence electrons. The average molecular weight is 540 g/mol. The number of rotatable bonds is 6. The van der Waals surface area contributed by atoms with Crippen LogP contribution in [0.5, 0.6) is 0 Å². The van der Waals surface area contributed by atoms with Gasteiger partial charge >= 0.3 is 6.03 Å². The Morgan fingerprint density at radius 1 is 1.02 bits per heavy atom. The van der Waals surface area contributed by atoms with Gasteiger partial charge < -0.3 is 15.2 Å². The van der Waals surface area contributed by atoms with Crippen molar-refractivity contribution in [2.75, 3.05) is 23.7 Å². The number of hydrogen-bond donors (Lipinski definition) is 3. The number of H-pyrrole nitrogens is 1. The fourth-order valence-corrected chi connectivity index (χ4v) is 5.00. The fraction of sp³-hybridized carbons (Fsp3) is 0.355. The highest BCUT2D eigenvalue weighted by Gasteiger charge is 2.25. The number of piperidine rings is 1. The van der Waals surface area contributed by atoms with Gasteiger partial charge in [-0.05, 0) is 55.9 Å². The molecular weight excluding hydrogens is 502 g/mol. The number of para-hydroxylation sites is 1. The fourth-order valence-electron chi connectivity index (χ4n) is 5.00. The van der Waals surface area contributed by atoms with Crippen LogP contribution in [0.25, 0.3) is 5.69 Å². The third-order valence-electron chi connectivity index (χ3n) is 7.40. The third-order valence-corrected chi connectivity index (χ3v) is 7.40. The first kappa shape index (κ1) is 27.2. The van der Waals surface area contributed by atoms with Crippen LogP contribution in [0.3, 0.4) is 0 Å². The minimum Gasteiger partial charge on any atom is -0.341 e. The van der Waals surface area contributed by atoms with Gasteiger partial charge in [-0.25, -0.2) is 14.5 Å². The average Bonchev–Trinajstić information content (AvgIpc) is 3.61. The lowest BCUT2D eigenvalue weighted by molar-refractivity contribution is 0.0685. The molecule has 0 radical (unpaired) electrons. The van der Waals surface area contributed by atoms with Crippen LogP contribution in [-0.4, -0.2) is 49.7 Å². The standard InChI is InChI=1S/C31H37N7O2/c1-21-9-11-24(12-10-21)38-28(18-27(36-38)31(2,3)4)35-30(40)34-25-8-6-5-7-23(25)17-22-13-15-37(16-14-22)29(39)26-19-32-20-33-26/h5-12,18-20,22H,13-17H2,1-4H3,(H,32,33)(H2,34,35,40).